The normalized spacial score (nSPS) is 18.6. The number of thioether (sulfide) groups is 1. The topological polar surface area (TPSA) is 79.4 Å². The zero-order chi connectivity index (χ0) is 17.2. The maximum Gasteiger partial charge on any atom is 0.244 e. The van der Waals surface area contributed by atoms with E-state index in [0.29, 0.717) is 12.3 Å². The van der Waals surface area contributed by atoms with Gasteiger partial charge in [0.1, 0.15) is 6.04 Å². The third-order valence-corrected chi connectivity index (χ3v) is 7.47. The Morgan fingerprint density at radius 2 is 2.12 bits per heavy atom. The summed E-state index contributed by atoms with van der Waals surface area (Å²) in [4.78, 5) is 17.0. The molecule has 1 saturated heterocycles. The van der Waals surface area contributed by atoms with Crippen molar-refractivity contribution in [1.29, 1.82) is 0 Å². The first-order valence-electron chi connectivity index (χ1n) is 7.32. The number of nitrogens with one attached hydrogen (secondary N) is 1. The molecular weight excluding hydrogens is 366 g/mol. The van der Waals surface area contributed by atoms with Crippen molar-refractivity contribution < 1.29 is 13.2 Å². The van der Waals surface area contributed by atoms with Crippen LogP contribution in [0.15, 0.2) is 40.6 Å². The Morgan fingerprint density at radius 1 is 1.38 bits per heavy atom. The minimum Gasteiger partial charge on any atom is -0.349 e. The Bertz CT molecular complexity index is 821. The van der Waals surface area contributed by atoms with Gasteiger partial charge in [0.2, 0.25) is 15.9 Å². The number of carbonyl (C=O) groups is 1. The van der Waals surface area contributed by atoms with Gasteiger partial charge in [0.15, 0.2) is 0 Å². The van der Waals surface area contributed by atoms with E-state index in [1.807, 2.05) is 12.3 Å². The smallest absolute Gasteiger partial charge is 0.244 e. The SMILES string of the molecule is Cc1nc(CNC(=O)[C@H]2CSCN2S(=O)(=O)c2ccccc2)cs1. The molecule has 1 aliphatic rings. The van der Waals surface area contributed by atoms with Gasteiger partial charge in [0, 0.05) is 11.1 Å². The number of nitrogens with zero attached hydrogens (tertiary/aromatic N) is 2. The van der Waals surface area contributed by atoms with Gasteiger partial charge in [-0.25, -0.2) is 13.4 Å². The summed E-state index contributed by atoms with van der Waals surface area (Å²) in [6.45, 7) is 2.21. The number of aromatic nitrogens is 1. The second-order valence-corrected chi connectivity index (χ2v) is 9.25. The van der Waals surface area contributed by atoms with Crippen molar-refractivity contribution in [2.45, 2.75) is 24.4 Å². The van der Waals surface area contributed by atoms with Crippen LogP contribution in [0.3, 0.4) is 0 Å². The molecule has 1 N–H and O–H groups in total. The lowest BCUT2D eigenvalue weighted by molar-refractivity contribution is -0.124. The van der Waals surface area contributed by atoms with Gasteiger partial charge in [-0.1, -0.05) is 18.2 Å². The van der Waals surface area contributed by atoms with Crippen molar-refractivity contribution in [3.63, 3.8) is 0 Å². The highest BCUT2D eigenvalue weighted by molar-refractivity contribution is 8.00. The molecule has 1 amide bonds. The molecule has 9 heteroatoms. The van der Waals surface area contributed by atoms with Gasteiger partial charge in [-0.3, -0.25) is 4.79 Å². The molecule has 1 aromatic heterocycles. The number of amides is 1. The van der Waals surface area contributed by atoms with Crippen LogP contribution in [0.2, 0.25) is 0 Å². The number of carbonyl (C=O) groups excluding carboxylic acids is 1. The number of rotatable bonds is 5. The van der Waals surface area contributed by atoms with Gasteiger partial charge < -0.3 is 5.32 Å². The summed E-state index contributed by atoms with van der Waals surface area (Å²) in [5.41, 5.74) is 0.786. The van der Waals surface area contributed by atoms with E-state index in [-0.39, 0.29) is 16.7 Å². The average molecular weight is 384 g/mol. The lowest BCUT2D eigenvalue weighted by Gasteiger charge is -2.22. The van der Waals surface area contributed by atoms with Gasteiger partial charge in [-0.2, -0.15) is 4.31 Å². The lowest BCUT2D eigenvalue weighted by Crippen LogP contribution is -2.46. The zero-order valence-corrected chi connectivity index (χ0v) is 15.5. The van der Waals surface area contributed by atoms with Gasteiger partial charge in [-0.05, 0) is 19.1 Å². The molecule has 1 aromatic carbocycles. The van der Waals surface area contributed by atoms with E-state index in [1.54, 1.807) is 30.3 Å². The summed E-state index contributed by atoms with van der Waals surface area (Å²) >= 11 is 2.96. The van der Waals surface area contributed by atoms with Gasteiger partial charge in [-0.15, -0.1) is 23.1 Å². The van der Waals surface area contributed by atoms with Crippen LogP contribution in [0.4, 0.5) is 0 Å². The van der Waals surface area contributed by atoms with Gasteiger partial charge in [0.25, 0.3) is 0 Å². The van der Waals surface area contributed by atoms with E-state index < -0.39 is 16.1 Å². The van der Waals surface area contributed by atoms with Crippen LogP contribution in [-0.4, -0.2) is 41.3 Å². The van der Waals surface area contributed by atoms with E-state index in [1.165, 1.54) is 27.4 Å². The Balaban J connectivity index is 1.72. The largest absolute Gasteiger partial charge is 0.349 e. The monoisotopic (exact) mass is 383 g/mol. The Kier molecular flexibility index (Phi) is 5.24. The van der Waals surface area contributed by atoms with Crippen LogP contribution >= 0.6 is 23.1 Å². The second-order valence-electron chi connectivity index (χ2n) is 5.30. The highest BCUT2D eigenvalue weighted by Gasteiger charge is 2.39. The van der Waals surface area contributed by atoms with Crippen LogP contribution in [0.25, 0.3) is 0 Å². The van der Waals surface area contributed by atoms with Crippen LogP contribution in [-0.2, 0) is 21.4 Å². The van der Waals surface area contributed by atoms with Gasteiger partial charge >= 0.3 is 0 Å². The standard InChI is InChI=1S/C15H17N3O3S3/c1-11-17-12(8-23-11)7-16-15(19)14-9-22-10-18(14)24(20,21)13-5-3-2-4-6-13/h2-6,8,14H,7,9-10H2,1H3,(H,16,19)/t14-/m1/s1. The molecule has 0 unspecified atom stereocenters. The van der Waals surface area contributed by atoms with Crippen molar-refractivity contribution >= 4 is 39.0 Å². The van der Waals surface area contributed by atoms with Crippen LogP contribution in [0.1, 0.15) is 10.7 Å². The molecule has 0 spiro atoms. The molecule has 0 radical (unpaired) electrons. The van der Waals surface area contributed by atoms with Crippen molar-refractivity contribution in [1.82, 2.24) is 14.6 Å². The van der Waals surface area contributed by atoms with E-state index >= 15 is 0 Å². The van der Waals surface area contributed by atoms with Crippen molar-refractivity contribution in [2.75, 3.05) is 11.6 Å². The van der Waals surface area contributed by atoms with E-state index in [9.17, 15) is 13.2 Å². The summed E-state index contributed by atoms with van der Waals surface area (Å²) < 4.78 is 26.8. The number of hydrogen-bond acceptors (Lipinski definition) is 6. The third-order valence-electron chi connectivity index (χ3n) is 3.60. The summed E-state index contributed by atoms with van der Waals surface area (Å²) in [7, 11) is -3.67. The highest BCUT2D eigenvalue weighted by atomic mass is 32.2. The lowest BCUT2D eigenvalue weighted by atomic mass is 10.3. The van der Waals surface area contributed by atoms with Crippen molar-refractivity contribution in [2.24, 2.45) is 0 Å². The fraction of sp³-hybridized carbons (Fsp3) is 0.333. The van der Waals surface area contributed by atoms with Crippen molar-refractivity contribution in [3.05, 3.63) is 46.4 Å². The first kappa shape index (κ1) is 17.4. The molecule has 0 saturated carbocycles. The molecule has 3 rings (SSSR count). The number of benzene rings is 1. The Labute approximate surface area is 149 Å². The molecule has 128 valence electrons. The Hall–Kier alpha value is -1.42. The fourth-order valence-corrected chi connectivity index (χ4v) is 6.17. The number of aryl methyl sites for hydroxylation is 1. The molecule has 1 aliphatic heterocycles. The number of thiazole rings is 1. The molecule has 0 bridgehead atoms. The van der Waals surface area contributed by atoms with Crippen LogP contribution in [0, 0.1) is 6.92 Å². The summed E-state index contributed by atoms with van der Waals surface area (Å²) in [6, 6.07) is 7.51. The molecule has 0 aliphatic carbocycles. The zero-order valence-electron chi connectivity index (χ0n) is 13.0. The van der Waals surface area contributed by atoms with Gasteiger partial charge in [0.05, 0.1) is 28.0 Å². The molecule has 1 atom stereocenters. The average Bonchev–Trinajstić information content (AvgIpc) is 3.23. The van der Waals surface area contributed by atoms with Crippen LogP contribution < -0.4 is 5.32 Å². The predicted molar refractivity (Wildman–Crippen MR) is 95.3 cm³/mol. The highest BCUT2D eigenvalue weighted by Crippen LogP contribution is 2.28. The van der Waals surface area contributed by atoms with Crippen molar-refractivity contribution in [3.8, 4) is 0 Å². The van der Waals surface area contributed by atoms with E-state index in [4.69, 9.17) is 0 Å². The summed E-state index contributed by atoms with van der Waals surface area (Å²) in [5.74, 6) is 0.448. The number of hydrogen-bond donors (Lipinski definition) is 1. The molecule has 24 heavy (non-hydrogen) atoms. The molecule has 1 fully saturated rings. The minimum absolute atomic E-state index is 0.209. The first-order valence-corrected chi connectivity index (χ1v) is 10.8. The maximum atomic E-state index is 12.7. The fourth-order valence-electron chi connectivity index (χ4n) is 2.38. The molecular formula is C15H17N3O3S3. The number of sulfonamides is 1. The third kappa shape index (κ3) is 3.64. The second kappa shape index (κ2) is 7.22. The molecule has 2 aromatic rings. The first-order chi connectivity index (χ1) is 11.5. The van der Waals surface area contributed by atoms with E-state index in [2.05, 4.69) is 10.3 Å². The quantitative estimate of drug-likeness (QED) is 0.852. The molecule has 6 nitrogen and oxygen atoms in total. The van der Waals surface area contributed by atoms with Crippen LogP contribution in [0.5, 0.6) is 0 Å². The maximum absolute atomic E-state index is 12.7. The molecule has 2 heterocycles. The summed E-state index contributed by atoms with van der Waals surface area (Å²) in [6.07, 6.45) is 0. The summed E-state index contributed by atoms with van der Waals surface area (Å²) in [5, 5.41) is 5.61. The van der Waals surface area contributed by atoms with E-state index in [0.717, 1.165) is 10.7 Å². The Morgan fingerprint density at radius 3 is 2.79 bits per heavy atom. The minimum atomic E-state index is -3.67. The predicted octanol–water partition coefficient (Wildman–Crippen LogP) is 1.83.